The number of rotatable bonds is 2. The second-order valence-electron chi connectivity index (χ2n) is 6.24. The van der Waals surface area contributed by atoms with Gasteiger partial charge in [0.25, 0.3) is 0 Å². The Morgan fingerprint density at radius 2 is 1.59 bits per heavy atom. The van der Waals surface area contributed by atoms with Crippen LogP contribution >= 0.6 is 0 Å². The van der Waals surface area contributed by atoms with E-state index in [2.05, 4.69) is 18.7 Å². The van der Waals surface area contributed by atoms with E-state index >= 15 is 0 Å². The van der Waals surface area contributed by atoms with Crippen molar-refractivity contribution in [2.45, 2.75) is 58.8 Å². The summed E-state index contributed by atoms with van der Waals surface area (Å²) >= 11 is 0. The van der Waals surface area contributed by atoms with Crippen molar-refractivity contribution in [2.75, 3.05) is 13.1 Å². The number of carbonyl (C=O) groups excluding carboxylic acids is 1. The van der Waals surface area contributed by atoms with Crippen molar-refractivity contribution in [3.8, 4) is 0 Å². The van der Waals surface area contributed by atoms with Gasteiger partial charge in [-0.2, -0.15) is 0 Å². The first kappa shape index (κ1) is 12.9. The minimum absolute atomic E-state index is 0.350. The van der Waals surface area contributed by atoms with E-state index in [0.717, 1.165) is 37.8 Å². The molecule has 0 bridgehead atoms. The van der Waals surface area contributed by atoms with Crippen molar-refractivity contribution in [2.24, 2.45) is 17.8 Å². The Balaban J connectivity index is 1.81. The summed E-state index contributed by atoms with van der Waals surface area (Å²) in [5.74, 6) is 2.47. The molecule has 1 saturated heterocycles. The lowest BCUT2D eigenvalue weighted by atomic mass is 9.76. The van der Waals surface area contributed by atoms with E-state index in [1.54, 1.807) is 0 Å². The summed E-state index contributed by atoms with van der Waals surface area (Å²) in [6.45, 7) is 6.67. The van der Waals surface area contributed by atoms with Gasteiger partial charge in [0.15, 0.2) is 0 Å². The van der Waals surface area contributed by atoms with Gasteiger partial charge in [0.1, 0.15) is 0 Å². The van der Waals surface area contributed by atoms with Gasteiger partial charge >= 0.3 is 0 Å². The van der Waals surface area contributed by atoms with E-state index in [-0.39, 0.29) is 0 Å². The normalized spacial score (nSPS) is 30.6. The third-order valence-electron chi connectivity index (χ3n) is 4.73. The molecule has 1 heterocycles. The quantitative estimate of drug-likeness (QED) is 0.720. The first-order valence-corrected chi connectivity index (χ1v) is 7.47. The van der Waals surface area contributed by atoms with E-state index < -0.39 is 0 Å². The van der Waals surface area contributed by atoms with E-state index in [1.807, 2.05) is 0 Å². The van der Waals surface area contributed by atoms with Crippen LogP contribution in [0.3, 0.4) is 0 Å². The predicted octanol–water partition coefficient (Wildman–Crippen LogP) is 3.46. The first-order valence-electron chi connectivity index (χ1n) is 7.47. The lowest BCUT2D eigenvalue weighted by Gasteiger charge is -2.35. The van der Waals surface area contributed by atoms with Crippen molar-refractivity contribution in [3.05, 3.63) is 0 Å². The molecule has 1 amide bonds. The molecule has 1 aliphatic carbocycles. The van der Waals surface area contributed by atoms with Gasteiger partial charge in [0.05, 0.1) is 0 Å². The molecule has 1 saturated carbocycles. The summed E-state index contributed by atoms with van der Waals surface area (Å²) in [5.41, 5.74) is 0. The monoisotopic (exact) mass is 237 g/mol. The molecule has 98 valence electrons. The number of likely N-dealkylation sites (tertiary alicyclic amines) is 1. The van der Waals surface area contributed by atoms with Crippen LogP contribution in [-0.4, -0.2) is 23.9 Å². The van der Waals surface area contributed by atoms with Gasteiger partial charge in [-0.25, -0.2) is 0 Å². The Morgan fingerprint density at radius 1 is 1.00 bits per heavy atom. The Bertz CT molecular complexity index is 248. The molecule has 2 fully saturated rings. The summed E-state index contributed by atoms with van der Waals surface area (Å²) in [6, 6.07) is 0. The highest BCUT2D eigenvalue weighted by Gasteiger charge is 2.30. The Labute approximate surface area is 106 Å². The van der Waals surface area contributed by atoms with Crippen molar-refractivity contribution in [1.82, 2.24) is 4.90 Å². The van der Waals surface area contributed by atoms with E-state index in [1.165, 1.54) is 32.1 Å². The molecule has 17 heavy (non-hydrogen) atoms. The number of hydrogen-bond acceptors (Lipinski definition) is 1. The summed E-state index contributed by atoms with van der Waals surface area (Å²) in [5, 5.41) is 0. The van der Waals surface area contributed by atoms with Crippen molar-refractivity contribution < 1.29 is 4.79 Å². The van der Waals surface area contributed by atoms with Gasteiger partial charge < -0.3 is 4.90 Å². The lowest BCUT2D eigenvalue weighted by molar-refractivity contribution is -0.137. The zero-order chi connectivity index (χ0) is 12.3. The fourth-order valence-electron chi connectivity index (χ4n) is 3.41. The number of hydrogen-bond donors (Lipinski definition) is 0. The molecule has 2 heteroatoms. The lowest BCUT2D eigenvalue weighted by Crippen LogP contribution is -2.41. The largest absolute Gasteiger partial charge is 0.342 e. The maximum absolute atomic E-state index is 12.4. The Morgan fingerprint density at radius 3 is 2.12 bits per heavy atom. The smallest absolute Gasteiger partial charge is 0.225 e. The van der Waals surface area contributed by atoms with Crippen LogP contribution < -0.4 is 0 Å². The van der Waals surface area contributed by atoms with E-state index in [4.69, 9.17) is 0 Å². The van der Waals surface area contributed by atoms with Crippen LogP contribution in [0, 0.1) is 17.8 Å². The molecular weight excluding hydrogens is 210 g/mol. The number of carbonyl (C=O) groups is 1. The van der Waals surface area contributed by atoms with Crippen LogP contribution in [0.4, 0.5) is 0 Å². The topological polar surface area (TPSA) is 20.3 Å². The van der Waals surface area contributed by atoms with Crippen LogP contribution in [0.15, 0.2) is 0 Å². The summed E-state index contributed by atoms with van der Waals surface area (Å²) < 4.78 is 0. The van der Waals surface area contributed by atoms with Crippen LogP contribution in [0.5, 0.6) is 0 Å². The molecule has 0 aromatic rings. The van der Waals surface area contributed by atoms with E-state index in [9.17, 15) is 4.79 Å². The minimum Gasteiger partial charge on any atom is -0.342 e. The molecule has 2 aliphatic rings. The molecule has 0 radical (unpaired) electrons. The van der Waals surface area contributed by atoms with Crippen LogP contribution in [-0.2, 0) is 4.79 Å². The first-order chi connectivity index (χ1) is 8.18. The summed E-state index contributed by atoms with van der Waals surface area (Å²) in [4.78, 5) is 14.5. The summed E-state index contributed by atoms with van der Waals surface area (Å²) in [7, 11) is 0. The molecular formula is C15H27NO. The number of amides is 1. The minimum atomic E-state index is 0.350. The Hall–Kier alpha value is -0.530. The fourth-order valence-corrected chi connectivity index (χ4v) is 3.41. The zero-order valence-electron chi connectivity index (χ0n) is 11.5. The molecule has 1 aliphatic heterocycles. The van der Waals surface area contributed by atoms with Gasteiger partial charge in [-0.15, -0.1) is 0 Å². The fraction of sp³-hybridized carbons (Fsp3) is 0.933. The highest BCUT2D eigenvalue weighted by molar-refractivity contribution is 5.79. The third kappa shape index (κ3) is 3.23. The molecule has 0 aromatic heterocycles. The van der Waals surface area contributed by atoms with Gasteiger partial charge in [0, 0.05) is 19.0 Å². The van der Waals surface area contributed by atoms with Gasteiger partial charge in [-0.3, -0.25) is 4.79 Å². The SMILES string of the molecule is CC(C)[C@H]1CC[C@@H](C(=O)N2CCCCC2)CC1. The molecule has 2 nitrogen and oxygen atoms in total. The van der Waals surface area contributed by atoms with Gasteiger partial charge in [0.2, 0.25) is 5.91 Å². The maximum atomic E-state index is 12.4. The molecule has 2 rings (SSSR count). The average molecular weight is 237 g/mol. The molecule has 0 spiro atoms. The van der Waals surface area contributed by atoms with Gasteiger partial charge in [-0.05, 0) is 56.8 Å². The van der Waals surface area contributed by atoms with Crippen LogP contribution in [0.25, 0.3) is 0 Å². The third-order valence-corrected chi connectivity index (χ3v) is 4.73. The zero-order valence-corrected chi connectivity index (χ0v) is 11.5. The van der Waals surface area contributed by atoms with Crippen molar-refractivity contribution in [3.63, 3.8) is 0 Å². The van der Waals surface area contributed by atoms with Crippen LogP contribution in [0.2, 0.25) is 0 Å². The maximum Gasteiger partial charge on any atom is 0.225 e. The van der Waals surface area contributed by atoms with Gasteiger partial charge in [-0.1, -0.05) is 13.8 Å². The molecule has 0 atom stereocenters. The average Bonchev–Trinajstić information content (AvgIpc) is 2.39. The van der Waals surface area contributed by atoms with Crippen molar-refractivity contribution in [1.29, 1.82) is 0 Å². The number of piperidine rings is 1. The van der Waals surface area contributed by atoms with Crippen molar-refractivity contribution >= 4 is 5.91 Å². The highest BCUT2D eigenvalue weighted by Crippen LogP contribution is 2.34. The highest BCUT2D eigenvalue weighted by atomic mass is 16.2. The standard InChI is InChI=1S/C15H27NO/c1-12(2)13-6-8-14(9-7-13)15(17)16-10-4-3-5-11-16/h12-14H,3-11H2,1-2H3/t13-,14+. The molecule has 0 aromatic carbocycles. The second kappa shape index (κ2) is 5.88. The van der Waals surface area contributed by atoms with Crippen LogP contribution in [0.1, 0.15) is 58.8 Å². The predicted molar refractivity (Wildman–Crippen MR) is 70.7 cm³/mol. The second-order valence-corrected chi connectivity index (χ2v) is 6.24. The number of nitrogens with zero attached hydrogens (tertiary/aromatic N) is 1. The molecule has 0 unspecified atom stereocenters. The summed E-state index contributed by atoms with van der Waals surface area (Å²) in [6.07, 6.45) is 8.55. The Kier molecular flexibility index (Phi) is 4.47. The van der Waals surface area contributed by atoms with E-state index in [0.29, 0.717) is 11.8 Å². The molecule has 0 N–H and O–H groups in total.